The predicted molar refractivity (Wildman–Crippen MR) is 115 cm³/mol. The van der Waals surface area contributed by atoms with E-state index >= 15 is 0 Å². The van der Waals surface area contributed by atoms with Crippen LogP contribution in [-0.2, 0) is 5.75 Å². The molecule has 0 unspecified atom stereocenters. The Morgan fingerprint density at radius 3 is 2.64 bits per heavy atom. The molecular weight excluding hydrogens is 388 g/mol. The molecular formula is C21H26N4OS2. The van der Waals surface area contributed by atoms with Crippen LogP contribution in [0.4, 0.5) is 0 Å². The standard InChI is InChI=1S/C21H26N4OS2/c1-14-6-4-5-7-19(14)25-20(16-8-10-18(26-3)11-9-16)23-24-21(25)28-13-17-12-27-15(2)22-17/h8-12,14,19H,4-7,13H2,1-3H3/t14-,19-/m1/s1. The Morgan fingerprint density at radius 1 is 1.18 bits per heavy atom. The molecule has 7 heteroatoms. The molecule has 28 heavy (non-hydrogen) atoms. The summed E-state index contributed by atoms with van der Waals surface area (Å²) in [5, 5.41) is 13.4. The van der Waals surface area contributed by atoms with Gasteiger partial charge in [-0.25, -0.2) is 4.98 Å². The van der Waals surface area contributed by atoms with Gasteiger partial charge in [-0.15, -0.1) is 21.5 Å². The fourth-order valence-corrected chi connectivity index (χ4v) is 5.51. The molecule has 1 aliphatic rings. The van der Waals surface area contributed by atoms with Gasteiger partial charge in [0.25, 0.3) is 0 Å². The lowest BCUT2D eigenvalue weighted by Gasteiger charge is -2.31. The largest absolute Gasteiger partial charge is 0.497 e. The van der Waals surface area contributed by atoms with Crippen molar-refractivity contribution in [2.24, 2.45) is 5.92 Å². The number of thioether (sulfide) groups is 1. The Kier molecular flexibility index (Phi) is 6.01. The highest BCUT2D eigenvalue weighted by molar-refractivity contribution is 7.98. The number of benzene rings is 1. The number of ether oxygens (including phenoxy) is 1. The van der Waals surface area contributed by atoms with Crippen molar-refractivity contribution in [3.63, 3.8) is 0 Å². The molecule has 0 radical (unpaired) electrons. The van der Waals surface area contributed by atoms with E-state index < -0.39 is 0 Å². The van der Waals surface area contributed by atoms with Crippen LogP contribution in [0.15, 0.2) is 34.8 Å². The van der Waals surface area contributed by atoms with Gasteiger partial charge in [0.15, 0.2) is 11.0 Å². The van der Waals surface area contributed by atoms with Crippen molar-refractivity contribution < 1.29 is 4.74 Å². The van der Waals surface area contributed by atoms with Crippen LogP contribution < -0.4 is 4.74 Å². The highest BCUT2D eigenvalue weighted by Crippen LogP contribution is 2.39. The summed E-state index contributed by atoms with van der Waals surface area (Å²) in [4.78, 5) is 4.59. The van der Waals surface area contributed by atoms with Gasteiger partial charge in [-0.1, -0.05) is 31.5 Å². The van der Waals surface area contributed by atoms with E-state index in [-0.39, 0.29) is 0 Å². The quantitative estimate of drug-likeness (QED) is 0.480. The molecule has 0 amide bonds. The molecule has 1 fully saturated rings. The topological polar surface area (TPSA) is 52.8 Å². The average Bonchev–Trinajstić information content (AvgIpc) is 3.33. The summed E-state index contributed by atoms with van der Waals surface area (Å²) in [5.41, 5.74) is 2.20. The highest BCUT2D eigenvalue weighted by atomic mass is 32.2. The van der Waals surface area contributed by atoms with Crippen LogP contribution in [0, 0.1) is 12.8 Å². The zero-order chi connectivity index (χ0) is 19.5. The number of methoxy groups -OCH3 is 1. The average molecular weight is 415 g/mol. The number of aromatic nitrogens is 4. The summed E-state index contributed by atoms with van der Waals surface area (Å²) in [5.74, 6) is 3.27. The van der Waals surface area contributed by atoms with E-state index in [1.807, 2.05) is 19.1 Å². The minimum absolute atomic E-state index is 0.445. The second-order valence-electron chi connectivity index (χ2n) is 7.38. The molecule has 0 bridgehead atoms. The van der Waals surface area contributed by atoms with Crippen molar-refractivity contribution in [2.45, 2.75) is 56.5 Å². The SMILES string of the molecule is COc1ccc(-c2nnc(SCc3csc(C)n3)n2[C@@H]2CCCC[C@H]2C)cc1. The van der Waals surface area contributed by atoms with Gasteiger partial charge in [-0.3, -0.25) is 4.57 Å². The Hall–Kier alpha value is -1.86. The lowest BCUT2D eigenvalue weighted by atomic mass is 9.85. The molecule has 0 spiro atoms. The minimum atomic E-state index is 0.445. The van der Waals surface area contributed by atoms with Crippen LogP contribution in [0.25, 0.3) is 11.4 Å². The van der Waals surface area contributed by atoms with Crippen molar-refractivity contribution in [1.29, 1.82) is 0 Å². The second kappa shape index (κ2) is 8.66. The van der Waals surface area contributed by atoms with E-state index in [4.69, 9.17) is 4.74 Å². The number of thiazole rings is 1. The molecule has 148 valence electrons. The maximum atomic E-state index is 5.31. The van der Waals surface area contributed by atoms with Crippen LogP contribution in [-0.4, -0.2) is 26.9 Å². The van der Waals surface area contributed by atoms with Crippen LogP contribution >= 0.6 is 23.1 Å². The number of rotatable bonds is 6. The van der Waals surface area contributed by atoms with E-state index in [0.29, 0.717) is 12.0 Å². The molecule has 2 heterocycles. The van der Waals surface area contributed by atoms with E-state index in [2.05, 4.69) is 44.2 Å². The molecule has 5 nitrogen and oxygen atoms in total. The summed E-state index contributed by atoms with van der Waals surface area (Å²) in [6.45, 7) is 4.41. The van der Waals surface area contributed by atoms with Gasteiger partial charge in [0.2, 0.25) is 0 Å². The number of hydrogen-bond acceptors (Lipinski definition) is 6. The molecule has 1 saturated carbocycles. The first-order chi connectivity index (χ1) is 13.7. The van der Waals surface area contributed by atoms with Crippen LogP contribution in [0.1, 0.15) is 49.4 Å². The number of aryl methyl sites for hydroxylation is 1. The summed E-state index contributed by atoms with van der Waals surface area (Å²) in [6.07, 6.45) is 5.04. The fourth-order valence-electron chi connectivity index (χ4n) is 3.90. The van der Waals surface area contributed by atoms with E-state index in [1.54, 1.807) is 30.2 Å². The molecule has 1 aliphatic carbocycles. The van der Waals surface area contributed by atoms with Gasteiger partial charge in [-0.05, 0) is 49.9 Å². The van der Waals surface area contributed by atoms with Crippen molar-refractivity contribution >= 4 is 23.1 Å². The Balaban J connectivity index is 1.67. The third-order valence-electron chi connectivity index (χ3n) is 5.43. The summed E-state index contributed by atoms with van der Waals surface area (Å²) >= 11 is 3.44. The first-order valence-electron chi connectivity index (χ1n) is 9.79. The molecule has 0 aliphatic heterocycles. The Bertz CT molecular complexity index is 919. The molecule has 4 rings (SSSR count). The van der Waals surface area contributed by atoms with Crippen molar-refractivity contribution in [3.8, 4) is 17.1 Å². The Morgan fingerprint density at radius 2 is 1.96 bits per heavy atom. The maximum Gasteiger partial charge on any atom is 0.192 e. The van der Waals surface area contributed by atoms with Crippen molar-refractivity contribution in [1.82, 2.24) is 19.7 Å². The van der Waals surface area contributed by atoms with E-state index in [9.17, 15) is 0 Å². The summed E-state index contributed by atoms with van der Waals surface area (Å²) < 4.78 is 7.69. The lowest BCUT2D eigenvalue weighted by Crippen LogP contribution is -2.22. The van der Waals surface area contributed by atoms with Gasteiger partial charge in [0.05, 0.1) is 17.8 Å². The zero-order valence-electron chi connectivity index (χ0n) is 16.6. The third-order valence-corrected chi connectivity index (χ3v) is 7.23. The summed E-state index contributed by atoms with van der Waals surface area (Å²) in [7, 11) is 1.69. The number of nitrogens with zero attached hydrogens (tertiary/aromatic N) is 4. The van der Waals surface area contributed by atoms with Crippen LogP contribution in [0.5, 0.6) is 5.75 Å². The first kappa shape index (κ1) is 19.5. The van der Waals surface area contributed by atoms with Gasteiger partial charge < -0.3 is 4.74 Å². The maximum absolute atomic E-state index is 5.31. The second-order valence-corrected chi connectivity index (χ2v) is 9.39. The third kappa shape index (κ3) is 4.10. The molecule has 2 aromatic heterocycles. The van der Waals surface area contributed by atoms with Crippen LogP contribution in [0.3, 0.4) is 0 Å². The number of hydrogen-bond donors (Lipinski definition) is 0. The molecule has 3 aromatic rings. The van der Waals surface area contributed by atoms with Gasteiger partial charge in [0, 0.05) is 22.7 Å². The van der Waals surface area contributed by atoms with Gasteiger partial charge >= 0.3 is 0 Å². The monoisotopic (exact) mass is 414 g/mol. The first-order valence-corrected chi connectivity index (χ1v) is 11.7. The molecule has 0 saturated heterocycles. The van der Waals surface area contributed by atoms with E-state index in [0.717, 1.165) is 38.7 Å². The van der Waals surface area contributed by atoms with Gasteiger partial charge in [-0.2, -0.15) is 0 Å². The summed E-state index contributed by atoms with van der Waals surface area (Å²) in [6, 6.07) is 8.57. The Labute approximate surface area is 174 Å². The fraction of sp³-hybridized carbons (Fsp3) is 0.476. The predicted octanol–water partition coefficient (Wildman–Crippen LogP) is 5.76. The zero-order valence-corrected chi connectivity index (χ0v) is 18.2. The molecule has 1 aromatic carbocycles. The lowest BCUT2D eigenvalue weighted by molar-refractivity contribution is 0.247. The van der Waals surface area contributed by atoms with E-state index in [1.165, 1.54) is 25.7 Å². The van der Waals surface area contributed by atoms with Crippen LogP contribution in [0.2, 0.25) is 0 Å². The molecule has 2 atom stereocenters. The minimum Gasteiger partial charge on any atom is -0.497 e. The van der Waals surface area contributed by atoms with Crippen molar-refractivity contribution in [2.75, 3.05) is 7.11 Å². The van der Waals surface area contributed by atoms with Gasteiger partial charge in [0.1, 0.15) is 5.75 Å². The highest BCUT2D eigenvalue weighted by Gasteiger charge is 2.28. The smallest absolute Gasteiger partial charge is 0.192 e. The molecule has 0 N–H and O–H groups in total. The van der Waals surface area contributed by atoms with Crippen molar-refractivity contribution in [3.05, 3.63) is 40.3 Å². The normalized spacial score (nSPS) is 19.7.